The first kappa shape index (κ1) is 15.4. The van der Waals surface area contributed by atoms with E-state index in [0.717, 1.165) is 11.7 Å². The zero-order chi connectivity index (χ0) is 14.8. The first-order valence-corrected chi connectivity index (χ1v) is 7.81. The SMILES string of the molecule is COc1cccc([C@H](C)NC2CCC(C)(C)CC2C)c1. The van der Waals surface area contributed by atoms with Gasteiger partial charge in [-0.3, -0.25) is 0 Å². The fourth-order valence-electron chi connectivity index (χ4n) is 3.52. The summed E-state index contributed by atoms with van der Waals surface area (Å²) in [7, 11) is 1.72. The van der Waals surface area contributed by atoms with Crippen molar-refractivity contribution >= 4 is 0 Å². The van der Waals surface area contributed by atoms with Crippen LogP contribution in [-0.4, -0.2) is 13.2 Å². The molecule has 0 radical (unpaired) electrons. The van der Waals surface area contributed by atoms with Crippen LogP contribution in [0.1, 0.15) is 58.6 Å². The molecular weight excluding hydrogens is 246 g/mol. The molecule has 0 spiro atoms. The Morgan fingerprint density at radius 3 is 2.75 bits per heavy atom. The van der Waals surface area contributed by atoms with Gasteiger partial charge in [-0.25, -0.2) is 0 Å². The van der Waals surface area contributed by atoms with Crippen LogP contribution < -0.4 is 10.1 Å². The highest BCUT2D eigenvalue weighted by atomic mass is 16.5. The molecule has 1 fully saturated rings. The molecule has 2 unspecified atom stereocenters. The lowest BCUT2D eigenvalue weighted by Crippen LogP contribution is -2.42. The van der Waals surface area contributed by atoms with Gasteiger partial charge in [0.05, 0.1) is 7.11 Å². The van der Waals surface area contributed by atoms with Crippen LogP contribution >= 0.6 is 0 Å². The summed E-state index contributed by atoms with van der Waals surface area (Å²) < 4.78 is 5.32. The van der Waals surface area contributed by atoms with Gasteiger partial charge in [0, 0.05) is 12.1 Å². The second-order valence-electron chi connectivity index (χ2n) is 7.16. The summed E-state index contributed by atoms with van der Waals surface area (Å²) in [6.07, 6.45) is 3.91. The Kier molecular flexibility index (Phi) is 4.74. The third-order valence-corrected chi connectivity index (χ3v) is 4.75. The monoisotopic (exact) mass is 275 g/mol. The van der Waals surface area contributed by atoms with E-state index in [1.807, 2.05) is 6.07 Å². The Hall–Kier alpha value is -1.02. The van der Waals surface area contributed by atoms with Crippen molar-refractivity contribution in [2.75, 3.05) is 7.11 Å². The molecule has 1 aromatic rings. The molecule has 112 valence electrons. The van der Waals surface area contributed by atoms with Crippen LogP contribution in [0.15, 0.2) is 24.3 Å². The predicted molar refractivity (Wildman–Crippen MR) is 85.1 cm³/mol. The number of nitrogens with one attached hydrogen (secondary N) is 1. The van der Waals surface area contributed by atoms with Crippen molar-refractivity contribution in [3.63, 3.8) is 0 Å². The largest absolute Gasteiger partial charge is 0.497 e. The molecule has 1 aromatic carbocycles. The number of hydrogen-bond acceptors (Lipinski definition) is 2. The molecule has 0 bridgehead atoms. The molecule has 0 saturated heterocycles. The third kappa shape index (κ3) is 3.76. The Bertz CT molecular complexity index is 441. The molecule has 1 aliphatic carbocycles. The number of hydrogen-bond donors (Lipinski definition) is 1. The van der Waals surface area contributed by atoms with Gasteiger partial charge in [-0.2, -0.15) is 0 Å². The van der Waals surface area contributed by atoms with E-state index < -0.39 is 0 Å². The maximum atomic E-state index is 5.32. The normalized spacial score (nSPS) is 27.1. The quantitative estimate of drug-likeness (QED) is 0.869. The maximum absolute atomic E-state index is 5.32. The summed E-state index contributed by atoms with van der Waals surface area (Å²) in [6, 6.07) is 9.39. The minimum atomic E-state index is 0.374. The lowest BCUT2D eigenvalue weighted by Gasteiger charge is -2.40. The molecule has 2 heteroatoms. The van der Waals surface area contributed by atoms with Crippen LogP contribution in [0.3, 0.4) is 0 Å². The highest BCUT2D eigenvalue weighted by Crippen LogP contribution is 2.39. The van der Waals surface area contributed by atoms with E-state index in [-0.39, 0.29) is 0 Å². The molecule has 0 heterocycles. The van der Waals surface area contributed by atoms with Crippen molar-refractivity contribution < 1.29 is 4.74 Å². The van der Waals surface area contributed by atoms with Gasteiger partial charge in [-0.05, 0) is 55.2 Å². The van der Waals surface area contributed by atoms with Gasteiger partial charge in [0.25, 0.3) is 0 Å². The van der Waals surface area contributed by atoms with E-state index in [1.54, 1.807) is 7.11 Å². The highest BCUT2D eigenvalue weighted by Gasteiger charge is 2.32. The van der Waals surface area contributed by atoms with E-state index in [4.69, 9.17) is 4.74 Å². The van der Waals surface area contributed by atoms with Gasteiger partial charge < -0.3 is 10.1 Å². The third-order valence-electron chi connectivity index (χ3n) is 4.75. The topological polar surface area (TPSA) is 21.3 Å². The number of ether oxygens (including phenoxy) is 1. The van der Waals surface area contributed by atoms with Crippen molar-refractivity contribution in [3.05, 3.63) is 29.8 Å². The molecule has 2 nitrogen and oxygen atoms in total. The van der Waals surface area contributed by atoms with E-state index in [2.05, 4.69) is 51.2 Å². The lowest BCUT2D eigenvalue weighted by atomic mass is 9.70. The lowest BCUT2D eigenvalue weighted by molar-refractivity contribution is 0.143. The standard InChI is InChI=1S/C18H29NO/c1-13-12-18(3,4)10-9-17(13)19-14(2)15-7-6-8-16(11-15)20-5/h6-8,11,13-14,17,19H,9-10,12H2,1-5H3/t13?,14-,17?/m0/s1. The number of benzene rings is 1. The van der Waals surface area contributed by atoms with E-state index in [1.165, 1.54) is 24.8 Å². The molecule has 3 atom stereocenters. The summed E-state index contributed by atoms with van der Waals surface area (Å²) in [5, 5.41) is 3.82. The Balaban J connectivity index is 1.99. The fourth-order valence-corrected chi connectivity index (χ4v) is 3.52. The van der Waals surface area contributed by atoms with Crippen molar-refractivity contribution in [2.24, 2.45) is 11.3 Å². The summed E-state index contributed by atoms with van der Waals surface area (Å²) in [5.41, 5.74) is 1.82. The molecule has 0 aliphatic heterocycles. The van der Waals surface area contributed by atoms with E-state index in [9.17, 15) is 0 Å². The van der Waals surface area contributed by atoms with Crippen LogP contribution in [0.2, 0.25) is 0 Å². The first-order valence-electron chi connectivity index (χ1n) is 7.81. The predicted octanol–water partition coefficient (Wildman–Crippen LogP) is 4.56. The molecule has 20 heavy (non-hydrogen) atoms. The van der Waals surface area contributed by atoms with Gasteiger partial charge in [0.1, 0.15) is 5.75 Å². The summed E-state index contributed by atoms with van der Waals surface area (Å²) in [5.74, 6) is 1.68. The smallest absolute Gasteiger partial charge is 0.119 e. The van der Waals surface area contributed by atoms with Crippen LogP contribution in [0.25, 0.3) is 0 Å². The molecule has 0 aromatic heterocycles. The second-order valence-corrected chi connectivity index (χ2v) is 7.16. The molecule has 1 N–H and O–H groups in total. The minimum Gasteiger partial charge on any atom is -0.497 e. The average Bonchev–Trinajstić information content (AvgIpc) is 2.41. The first-order chi connectivity index (χ1) is 9.41. The molecule has 0 amide bonds. The zero-order valence-corrected chi connectivity index (χ0v) is 13.6. The zero-order valence-electron chi connectivity index (χ0n) is 13.6. The summed E-state index contributed by atoms with van der Waals surface area (Å²) in [4.78, 5) is 0. The average molecular weight is 275 g/mol. The highest BCUT2D eigenvalue weighted by molar-refractivity contribution is 5.30. The van der Waals surface area contributed by atoms with Crippen molar-refractivity contribution in [1.29, 1.82) is 0 Å². The molecule has 2 rings (SSSR count). The van der Waals surface area contributed by atoms with Gasteiger partial charge in [-0.15, -0.1) is 0 Å². The van der Waals surface area contributed by atoms with E-state index >= 15 is 0 Å². The van der Waals surface area contributed by atoms with Gasteiger partial charge >= 0.3 is 0 Å². The van der Waals surface area contributed by atoms with Crippen LogP contribution in [0, 0.1) is 11.3 Å². The minimum absolute atomic E-state index is 0.374. The number of rotatable bonds is 4. The van der Waals surface area contributed by atoms with Gasteiger partial charge in [-0.1, -0.05) is 32.9 Å². The van der Waals surface area contributed by atoms with Crippen molar-refractivity contribution in [1.82, 2.24) is 5.32 Å². The van der Waals surface area contributed by atoms with Gasteiger partial charge in [0.15, 0.2) is 0 Å². The van der Waals surface area contributed by atoms with E-state index in [0.29, 0.717) is 17.5 Å². The van der Waals surface area contributed by atoms with Crippen molar-refractivity contribution in [3.8, 4) is 5.75 Å². The Labute approximate surface area is 123 Å². The molecule has 1 aliphatic rings. The fraction of sp³-hybridized carbons (Fsp3) is 0.667. The van der Waals surface area contributed by atoms with Crippen LogP contribution in [-0.2, 0) is 0 Å². The van der Waals surface area contributed by atoms with Gasteiger partial charge in [0.2, 0.25) is 0 Å². The Morgan fingerprint density at radius 1 is 1.35 bits per heavy atom. The second kappa shape index (κ2) is 6.17. The summed E-state index contributed by atoms with van der Waals surface area (Å²) in [6.45, 7) is 9.43. The number of methoxy groups -OCH3 is 1. The Morgan fingerprint density at radius 2 is 2.10 bits per heavy atom. The van der Waals surface area contributed by atoms with Crippen molar-refractivity contribution in [2.45, 2.75) is 59.0 Å². The van der Waals surface area contributed by atoms with Crippen LogP contribution in [0.4, 0.5) is 0 Å². The molecule has 1 saturated carbocycles. The van der Waals surface area contributed by atoms with Crippen LogP contribution in [0.5, 0.6) is 5.75 Å². The molecular formula is C18H29NO. The summed E-state index contributed by atoms with van der Waals surface area (Å²) >= 11 is 0. The maximum Gasteiger partial charge on any atom is 0.119 e.